The summed E-state index contributed by atoms with van der Waals surface area (Å²) in [5.74, 6) is 0.772. The lowest BCUT2D eigenvalue weighted by molar-refractivity contribution is -0.124. The molecule has 2 aliphatic rings. The van der Waals surface area contributed by atoms with E-state index in [0.717, 1.165) is 24.5 Å². The molecule has 2 aromatic rings. The Morgan fingerprint density at radius 1 is 1.00 bits per heavy atom. The summed E-state index contributed by atoms with van der Waals surface area (Å²) in [5, 5.41) is 5.78. The number of anilines is 2. The van der Waals surface area contributed by atoms with Crippen molar-refractivity contribution >= 4 is 29.0 Å². The summed E-state index contributed by atoms with van der Waals surface area (Å²) >= 11 is 0. The van der Waals surface area contributed by atoms with Crippen LogP contribution >= 0.6 is 0 Å². The first-order valence-corrected chi connectivity index (χ1v) is 9.54. The van der Waals surface area contributed by atoms with E-state index >= 15 is 0 Å². The number of carbonyl (C=O) groups excluding carboxylic acids is 2. The van der Waals surface area contributed by atoms with E-state index < -0.39 is 0 Å². The first-order chi connectivity index (χ1) is 13.6. The van der Waals surface area contributed by atoms with Crippen molar-refractivity contribution < 1.29 is 9.59 Å². The molecular formula is C21H23N5O2. The standard InChI is InChI=1S/C21H23N5O2/c1-16-5-4-6-17(15-16)26-20(27)9-8-18(23-26)21(28)25-13-11-24(12-14-25)19-7-2-3-10-22-19/h2-7,10,15H,8-9,11-14H2,1H3. The third kappa shape index (κ3) is 3.74. The number of rotatable bonds is 3. The number of hydrogen-bond acceptors (Lipinski definition) is 5. The van der Waals surface area contributed by atoms with Crippen LogP contribution in [-0.2, 0) is 9.59 Å². The molecule has 0 aliphatic carbocycles. The molecule has 1 fully saturated rings. The molecule has 0 saturated carbocycles. The molecule has 0 spiro atoms. The van der Waals surface area contributed by atoms with Gasteiger partial charge in [0.1, 0.15) is 11.5 Å². The number of benzene rings is 1. The van der Waals surface area contributed by atoms with E-state index in [9.17, 15) is 9.59 Å². The van der Waals surface area contributed by atoms with E-state index in [-0.39, 0.29) is 11.8 Å². The number of hydrazone groups is 1. The zero-order chi connectivity index (χ0) is 19.5. The first kappa shape index (κ1) is 18.2. The van der Waals surface area contributed by atoms with Gasteiger partial charge < -0.3 is 9.80 Å². The van der Waals surface area contributed by atoms with Gasteiger partial charge >= 0.3 is 0 Å². The third-order valence-corrected chi connectivity index (χ3v) is 5.07. The Morgan fingerprint density at radius 2 is 1.82 bits per heavy atom. The van der Waals surface area contributed by atoms with Gasteiger partial charge in [0.15, 0.2) is 0 Å². The van der Waals surface area contributed by atoms with Crippen molar-refractivity contribution in [3.8, 4) is 0 Å². The normalized spacial score (nSPS) is 17.5. The molecule has 3 heterocycles. The second-order valence-electron chi connectivity index (χ2n) is 7.06. The van der Waals surface area contributed by atoms with Crippen LogP contribution in [0.5, 0.6) is 0 Å². The van der Waals surface area contributed by atoms with Gasteiger partial charge in [0.2, 0.25) is 5.91 Å². The number of aryl methyl sites for hydroxylation is 1. The molecule has 1 saturated heterocycles. The van der Waals surface area contributed by atoms with Crippen LogP contribution in [0.4, 0.5) is 11.5 Å². The summed E-state index contributed by atoms with van der Waals surface area (Å²) in [4.78, 5) is 33.7. The number of amides is 2. The minimum absolute atomic E-state index is 0.0779. The van der Waals surface area contributed by atoms with Crippen LogP contribution in [0.1, 0.15) is 18.4 Å². The lowest BCUT2D eigenvalue weighted by Gasteiger charge is -2.36. The van der Waals surface area contributed by atoms with Crippen molar-refractivity contribution in [2.24, 2.45) is 5.10 Å². The maximum absolute atomic E-state index is 13.0. The van der Waals surface area contributed by atoms with E-state index in [2.05, 4.69) is 15.0 Å². The van der Waals surface area contributed by atoms with E-state index in [0.29, 0.717) is 37.3 Å². The van der Waals surface area contributed by atoms with Gasteiger partial charge in [-0.3, -0.25) is 9.59 Å². The molecule has 4 rings (SSSR count). The van der Waals surface area contributed by atoms with Gasteiger partial charge in [-0.15, -0.1) is 0 Å². The van der Waals surface area contributed by atoms with Crippen LogP contribution in [0.25, 0.3) is 0 Å². The molecule has 1 aromatic heterocycles. The lowest BCUT2D eigenvalue weighted by Crippen LogP contribution is -2.51. The first-order valence-electron chi connectivity index (χ1n) is 9.54. The molecule has 2 aliphatic heterocycles. The highest BCUT2D eigenvalue weighted by atomic mass is 16.2. The minimum Gasteiger partial charge on any atom is -0.353 e. The Bertz CT molecular complexity index is 904. The van der Waals surface area contributed by atoms with Crippen molar-refractivity contribution in [3.05, 3.63) is 54.2 Å². The van der Waals surface area contributed by atoms with Crippen molar-refractivity contribution in [1.29, 1.82) is 0 Å². The highest BCUT2D eigenvalue weighted by Gasteiger charge is 2.30. The quantitative estimate of drug-likeness (QED) is 0.823. The van der Waals surface area contributed by atoms with E-state index in [4.69, 9.17) is 0 Å². The Balaban J connectivity index is 1.46. The maximum Gasteiger partial charge on any atom is 0.270 e. The van der Waals surface area contributed by atoms with Gasteiger partial charge in [-0.25, -0.2) is 9.99 Å². The number of nitrogens with zero attached hydrogens (tertiary/aromatic N) is 5. The maximum atomic E-state index is 13.0. The van der Waals surface area contributed by atoms with Crippen LogP contribution in [-0.4, -0.2) is 53.6 Å². The number of carbonyl (C=O) groups is 2. The van der Waals surface area contributed by atoms with Crippen LogP contribution in [0.3, 0.4) is 0 Å². The molecule has 7 heteroatoms. The van der Waals surface area contributed by atoms with E-state index in [1.807, 2.05) is 54.3 Å². The molecule has 28 heavy (non-hydrogen) atoms. The number of pyridine rings is 1. The fourth-order valence-corrected chi connectivity index (χ4v) is 3.53. The Morgan fingerprint density at radius 3 is 2.54 bits per heavy atom. The van der Waals surface area contributed by atoms with Gasteiger partial charge in [0.25, 0.3) is 5.91 Å². The summed E-state index contributed by atoms with van der Waals surface area (Å²) in [6.45, 7) is 4.67. The highest BCUT2D eigenvalue weighted by molar-refractivity contribution is 6.40. The Labute approximate surface area is 164 Å². The van der Waals surface area contributed by atoms with Gasteiger partial charge in [0.05, 0.1) is 5.69 Å². The summed E-state index contributed by atoms with van der Waals surface area (Å²) in [7, 11) is 0. The number of hydrogen-bond donors (Lipinski definition) is 0. The lowest BCUT2D eigenvalue weighted by atomic mass is 10.1. The Hall–Kier alpha value is -3.22. The minimum atomic E-state index is -0.0814. The second-order valence-corrected chi connectivity index (χ2v) is 7.06. The topological polar surface area (TPSA) is 69.1 Å². The van der Waals surface area contributed by atoms with Crippen LogP contribution in [0, 0.1) is 6.92 Å². The Kier molecular flexibility index (Phi) is 5.06. The summed E-state index contributed by atoms with van der Waals surface area (Å²) < 4.78 is 0. The average Bonchev–Trinajstić information content (AvgIpc) is 2.74. The molecule has 7 nitrogen and oxygen atoms in total. The van der Waals surface area contributed by atoms with Crippen molar-refractivity contribution in [3.63, 3.8) is 0 Å². The number of aromatic nitrogens is 1. The molecule has 0 bridgehead atoms. The van der Waals surface area contributed by atoms with Crippen molar-refractivity contribution in [2.45, 2.75) is 19.8 Å². The van der Waals surface area contributed by atoms with Gasteiger partial charge in [0, 0.05) is 45.2 Å². The monoisotopic (exact) mass is 377 g/mol. The predicted molar refractivity (Wildman–Crippen MR) is 108 cm³/mol. The van der Waals surface area contributed by atoms with Gasteiger partial charge in [-0.2, -0.15) is 5.10 Å². The van der Waals surface area contributed by atoms with Gasteiger partial charge in [-0.05, 0) is 36.8 Å². The fourth-order valence-electron chi connectivity index (χ4n) is 3.53. The second kappa shape index (κ2) is 7.80. The molecule has 2 amide bonds. The molecule has 0 atom stereocenters. The third-order valence-electron chi connectivity index (χ3n) is 5.07. The zero-order valence-corrected chi connectivity index (χ0v) is 15.9. The van der Waals surface area contributed by atoms with Crippen LogP contribution in [0.15, 0.2) is 53.8 Å². The molecule has 0 unspecified atom stereocenters. The average molecular weight is 377 g/mol. The van der Waals surface area contributed by atoms with Crippen LogP contribution < -0.4 is 9.91 Å². The molecule has 0 N–H and O–H groups in total. The van der Waals surface area contributed by atoms with Crippen LogP contribution in [0.2, 0.25) is 0 Å². The number of piperazine rings is 1. The van der Waals surface area contributed by atoms with Gasteiger partial charge in [-0.1, -0.05) is 18.2 Å². The molecule has 144 valence electrons. The predicted octanol–water partition coefficient (Wildman–Crippen LogP) is 2.22. The highest BCUT2D eigenvalue weighted by Crippen LogP contribution is 2.22. The van der Waals surface area contributed by atoms with E-state index in [1.54, 1.807) is 6.20 Å². The molecule has 1 aromatic carbocycles. The SMILES string of the molecule is Cc1cccc(N2N=C(C(=O)N3CCN(c4ccccn4)CC3)CCC2=O)c1. The van der Waals surface area contributed by atoms with Crippen molar-refractivity contribution in [2.75, 3.05) is 36.1 Å². The summed E-state index contributed by atoms with van der Waals surface area (Å²) in [6.07, 6.45) is 2.47. The molecule has 0 radical (unpaired) electrons. The van der Waals surface area contributed by atoms with Crippen molar-refractivity contribution in [1.82, 2.24) is 9.88 Å². The largest absolute Gasteiger partial charge is 0.353 e. The zero-order valence-electron chi connectivity index (χ0n) is 15.9. The van der Waals surface area contributed by atoms with E-state index in [1.165, 1.54) is 5.01 Å². The molecular weight excluding hydrogens is 354 g/mol. The summed E-state index contributed by atoms with van der Waals surface area (Å²) in [5.41, 5.74) is 2.20. The fraction of sp³-hybridized carbons (Fsp3) is 0.333. The smallest absolute Gasteiger partial charge is 0.270 e. The summed E-state index contributed by atoms with van der Waals surface area (Å²) in [6, 6.07) is 13.4.